The van der Waals surface area contributed by atoms with Crippen LogP contribution in [-0.4, -0.2) is 31.6 Å². The summed E-state index contributed by atoms with van der Waals surface area (Å²) in [7, 11) is 0. The highest BCUT2D eigenvalue weighted by molar-refractivity contribution is 5.76. The van der Waals surface area contributed by atoms with Crippen LogP contribution in [0, 0.1) is 0 Å². The Labute approximate surface area is 185 Å². The zero-order chi connectivity index (χ0) is 21.9. The largest absolute Gasteiger partial charge is 0.355 e. The molecule has 5 rings (SSSR count). The van der Waals surface area contributed by atoms with Crippen molar-refractivity contribution in [3.05, 3.63) is 87.8 Å². The van der Waals surface area contributed by atoms with E-state index in [1.807, 2.05) is 53.1 Å². The number of aromatic nitrogens is 4. The number of hydrogen-bond donors (Lipinski definition) is 1. The number of carbonyl (C=O) groups excluding carboxylic acids is 1. The van der Waals surface area contributed by atoms with Crippen LogP contribution < -0.4 is 10.9 Å². The molecule has 1 amide bonds. The van der Waals surface area contributed by atoms with Crippen LogP contribution in [-0.2, 0) is 30.6 Å². The second-order valence-electron chi connectivity index (χ2n) is 8.12. The number of hydrogen-bond acceptors (Lipinski definition) is 4. The van der Waals surface area contributed by atoms with E-state index in [2.05, 4.69) is 27.5 Å². The van der Waals surface area contributed by atoms with Crippen molar-refractivity contribution in [1.82, 2.24) is 24.5 Å². The average molecular weight is 428 g/mol. The molecule has 1 aliphatic carbocycles. The molecule has 0 bridgehead atoms. The predicted octanol–water partition coefficient (Wildman–Crippen LogP) is 2.80. The zero-order valence-corrected chi connectivity index (χ0v) is 17.8. The van der Waals surface area contributed by atoms with Crippen LogP contribution in [0.25, 0.3) is 17.2 Å². The van der Waals surface area contributed by atoms with Gasteiger partial charge in [0.05, 0.1) is 0 Å². The Bertz CT molecular complexity index is 1310. The highest BCUT2D eigenvalue weighted by Gasteiger charge is 2.25. The number of aryl methyl sites for hydroxylation is 1. The van der Waals surface area contributed by atoms with E-state index in [0.29, 0.717) is 24.6 Å². The molecule has 0 radical (unpaired) electrons. The summed E-state index contributed by atoms with van der Waals surface area (Å²) in [6, 6.07) is 19.8. The fraction of sp³-hybridized carbons (Fsp3) is 0.280. The van der Waals surface area contributed by atoms with Gasteiger partial charge in [-0.3, -0.25) is 9.59 Å². The summed E-state index contributed by atoms with van der Waals surface area (Å²) in [5, 5.41) is 7.49. The highest BCUT2D eigenvalue weighted by Crippen LogP contribution is 2.22. The number of nitrogens with zero attached hydrogens (tertiary/aromatic N) is 4. The van der Waals surface area contributed by atoms with Gasteiger partial charge >= 0.3 is 0 Å². The van der Waals surface area contributed by atoms with E-state index in [0.717, 1.165) is 42.5 Å². The molecule has 0 unspecified atom stereocenters. The van der Waals surface area contributed by atoms with Crippen LogP contribution in [0.3, 0.4) is 0 Å². The van der Waals surface area contributed by atoms with Crippen LogP contribution in [0.15, 0.2) is 65.5 Å². The van der Waals surface area contributed by atoms with Gasteiger partial charge in [0, 0.05) is 23.4 Å². The van der Waals surface area contributed by atoms with Gasteiger partial charge in [0.25, 0.3) is 5.56 Å². The Morgan fingerprint density at radius 1 is 1.00 bits per heavy atom. The normalized spacial score (nSPS) is 12.8. The van der Waals surface area contributed by atoms with E-state index in [4.69, 9.17) is 0 Å². The monoisotopic (exact) mass is 427 g/mol. The van der Waals surface area contributed by atoms with Crippen LogP contribution in [0.2, 0.25) is 0 Å². The zero-order valence-electron chi connectivity index (χ0n) is 17.8. The van der Waals surface area contributed by atoms with Crippen LogP contribution in [0.4, 0.5) is 0 Å². The van der Waals surface area contributed by atoms with Crippen molar-refractivity contribution < 1.29 is 4.79 Å². The van der Waals surface area contributed by atoms with Crippen molar-refractivity contribution in [2.24, 2.45) is 0 Å². The second kappa shape index (κ2) is 8.78. The maximum atomic E-state index is 13.0. The summed E-state index contributed by atoms with van der Waals surface area (Å²) in [6.07, 6.45) is 4.18. The first-order valence-corrected chi connectivity index (χ1v) is 11.1. The fourth-order valence-electron chi connectivity index (χ4n) is 4.36. The Balaban J connectivity index is 1.38. The molecule has 32 heavy (non-hydrogen) atoms. The minimum Gasteiger partial charge on any atom is -0.355 e. The number of carbonyl (C=O) groups is 1. The Morgan fingerprint density at radius 2 is 1.75 bits per heavy atom. The first-order chi connectivity index (χ1) is 15.7. The van der Waals surface area contributed by atoms with Gasteiger partial charge in [0.15, 0.2) is 5.82 Å². The smallest absolute Gasteiger partial charge is 0.279 e. The Morgan fingerprint density at radius 3 is 2.53 bits per heavy atom. The van der Waals surface area contributed by atoms with Gasteiger partial charge in [-0.15, -0.1) is 5.10 Å². The first-order valence-electron chi connectivity index (χ1n) is 11.1. The van der Waals surface area contributed by atoms with Crippen molar-refractivity contribution in [2.45, 2.75) is 38.6 Å². The minimum atomic E-state index is -0.123. The predicted molar refractivity (Wildman–Crippen MR) is 122 cm³/mol. The second-order valence-corrected chi connectivity index (χ2v) is 8.12. The maximum absolute atomic E-state index is 13.0. The number of nitrogens with one attached hydrogen (secondary N) is 1. The lowest BCUT2D eigenvalue weighted by Gasteiger charge is -2.13. The lowest BCUT2D eigenvalue weighted by molar-refractivity contribution is -0.121. The quantitative estimate of drug-likeness (QED) is 0.460. The SMILES string of the molecule is O=C(Cn1c2c(c(=O)n3nc(-c4ccccc4)nc13)CCC2)NCCCc1ccccc1. The Hall–Kier alpha value is -3.74. The van der Waals surface area contributed by atoms with E-state index >= 15 is 0 Å². The average Bonchev–Trinajstić information content (AvgIpc) is 3.49. The van der Waals surface area contributed by atoms with Gasteiger partial charge in [0.1, 0.15) is 6.54 Å². The summed E-state index contributed by atoms with van der Waals surface area (Å²) >= 11 is 0. The molecule has 7 nitrogen and oxygen atoms in total. The molecule has 7 heteroatoms. The van der Waals surface area contributed by atoms with E-state index in [-0.39, 0.29) is 18.0 Å². The fourth-order valence-corrected chi connectivity index (χ4v) is 4.36. The first kappa shape index (κ1) is 20.2. The summed E-state index contributed by atoms with van der Waals surface area (Å²) in [5.41, 5.74) is 3.64. The number of amides is 1. The third-order valence-corrected chi connectivity index (χ3v) is 5.94. The lowest BCUT2D eigenvalue weighted by atomic mass is 10.1. The number of rotatable bonds is 7. The van der Waals surface area contributed by atoms with Crippen molar-refractivity contribution >= 4 is 11.7 Å². The molecule has 2 aromatic heterocycles. The van der Waals surface area contributed by atoms with E-state index in [1.54, 1.807) is 0 Å². The topological polar surface area (TPSA) is 81.3 Å². The molecular weight excluding hydrogens is 402 g/mol. The molecule has 1 aliphatic rings. The molecule has 2 heterocycles. The van der Waals surface area contributed by atoms with E-state index in [1.165, 1.54) is 10.1 Å². The third kappa shape index (κ3) is 3.93. The van der Waals surface area contributed by atoms with Gasteiger partial charge in [-0.25, -0.2) is 0 Å². The van der Waals surface area contributed by atoms with E-state index < -0.39 is 0 Å². The molecular formula is C25H25N5O2. The van der Waals surface area contributed by atoms with Crippen LogP contribution >= 0.6 is 0 Å². The molecule has 2 aromatic carbocycles. The lowest BCUT2D eigenvalue weighted by Crippen LogP contribution is -2.32. The van der Waals surface area contributed by atoms with Gasteiger partial charge < -0.3 is 9.88 Å². The van der Waals surface area contributed by atoms with Gasteiger partial charge in [-0.1, -0.05) is 60.7 Å². The van der Waals surface area contributed by atoms with Crippen molar-refractivity contribution in [3.8, 4) is 11.4 Å². The summed E-state index contributed by atoms with van der Waals surface area (Å²) in [6.45, 7) is 0.735. The van der Waals surface area contributed by atoms with Gasteiger partial charge in [-0.05, 0) is 37.7 Å². The molecule has 4 aromatic rings. The van der Waals surface area contributed by atoms with Gasteiger partial charge in [0.2, 0.25) is 11.7 Å². The highest BCUT2D eigenvalue weighted by atomic mass is 16.2. The molecule has 0 saturated heterocycles. The minimum absolute atomic E-state index is 0.0815. The van der Waals surface area contributed by atoms with Crippen LogP contribution in [0.1, 0.15) is 29.7 Å². The summed E-state index contributed by atoms with van der Waals surface area (Å²) in [5.74, 6) is 0.833. The molecule has 0 atom stereocenters. The molecule has 0 fully saturated rings. The number of benzene rings is 2. The molecule has 0 aliphatic heterocycles. The van der Waals surface area contributed by atoms with Crippen LogP contribution in [0.5, 0.6) is 0 Å². The molecule has 162 valence electrons. The third-order valence-electron chi connectivity index (χ3n) is 5.94. The Kier molecular flexibility index (Phi) is 5.54. The van der Waals surface area contributed by atoms with E-state index in [9.17, 15) is 9.59 Å². The summed E-state index contributed by atoms with van der Waals surface area (Å²) in [4.78, 5) is 30.4. The maximum Gasteiger partial charge on any atom is 0.279 e. The number of fused-ring (bicyclic) bond motifs is 2. The van der Waals surface area contributed by atoms with Crippen molar-refractivity contribution in [1.29, 1.82) is 0 Å². The molecule has 0 saturated carbocycles. The van der Waals surface area contributed by atoms with Crippen molar-refractivity contribution in [3.63, 3.8) is 0 Å². The molecule has 1 N–H and O–H groups in total. The molecule has 0 spiro atoms. The summed E-state index contributed by atoms with van der Waals surface area (Å²) < 4.78 is 3.23. The van der Waals surface area contributed by atoms with Gasteiger partial charge in [-0.2, -0.15) is 9.50 Å². The standard InChI is InChI=1S/C25H25N5O2/c31-22(26-16-8-11-18-9-3-1-4-10-18)17-29-21-15-7-14-20(21)24(32)30-25(29)27-23(28-30)19-12-5-2-6-13-19/h1-6,9-10,12-13H,7-8,11,14-17H2,(H,26,31). The van der Waals surface area contributed by atoms with Crippen molar-refractivity contribution in [2.75, 3.05) is 6.54 Å².